The molecule has 2 aromatic rings. The Morgan fingerprint density at radius 1 is 1.34 bits per heavy atom. The summed E-state index contributed by atoms with van der Waals surface area (Å²) in [4.78, 5) is 0. The van der Waals surface area contributed by atoms with Crippen LogP contribution in [0.15, 0.2) is 16.9 Å². The van der Waals surface area contributed by atoms with Gasteiger partial charge in [0.2, 0.25) is 5.88 Å². The predicted molar refractivity (Wildman–Crippen MR) is 103 cm³/mol. The monoisotopic (exact) mass is 490 g/mol. The van der Waals surface area contributed by atoms with E-state index in [2.05, 4.69) is 9.84 Å². The first-order chi connectivity index (χ1) is 13.6. The molecule has 29 heavy (non-hydrogen) atoms. The number of hydrogen-bond donors (Lipinski definition) is 0. The minimum absolute atomic E-state index is 0.0517. The highest BCUT2D eigenvalue weighted by atomic mass is 35.5. The maximum Gasteiger partial charge on any atom is 0.388 e. The smallest absolute Gasteiger partial charge is 0.388 e. The molecule has 0 unspecified atom stereocenters. The van der Waals surface area contributed by atoms with Crippen molar-refractivity contribution < 1.29 is 31.5 Å². The highest BCUT2D eigenvalue weighted by molar-refractivity contribution is 7.61. The van der Waals surface area contributed by atoms with Gasteiger partial charge in [0.1, 0.15) is 21.3 Å². The van der Waals surface area contributed by atoms with Crippen LogP contribution >= 0.6 is 42.4 Å². The van der Waals surface area contributed by atoms with Gasteiger partial charge in [-0.15, -0.1) is 0 Å². The summed E-state index contributed by atoms with van der Waals surface area (Å²) in [6, 6.07) is 2.20. The van der Waals surface area contributed by atoms with Crippen LogP contribution in [0.5, 0.6) is 5.88 Å². The molecule has 0 spiro atoms. The Morgan fingerprint density at radius 3 is 2.62 bits per heavy atom. The standard InChI is InChI=1S/C16H13Cl3F3N2O4P/c1-24-15(28-16(21)22)13(19)14(23-24)9-5-8(10(17)7-11(9)20)6-12(18)29(25)26-3-2-4-27-29/h5-7,16H,2-4H2,1H3/b12-6+. The van der Waals surface area contributed by atoms with Crippen LogP contribution in [0.2, 0.25) is 10.0 Å². The SMILES string of the molecule is Cn1nc(-c2cc(/C=C(\Cl)P3(=O)OCCCO3)c(Cl)cc2F)c(Cl)c1OC(F)F. The van der Waals surface area contributed by atoms with E-state index in [0.29, 0.717) is 6.42 Å². The maximum absolute atomic E-state index is 14.5. The second-order valence-electron chi connectivity index (χ2n) is 5.81. The third-order valence-corrected chi connectivity index (χ3v) is 6.92. The Morgan fingerprint density at radius 2 is 2.00 bits per heavy atom. The number of alkyl halides is 2. The Bertz CT molecular complexity index is 1010. The van der Waals surface area contributed by atoms with Gasteiger partial charge in [0.25, 0.3) is 0 Å². The summed E-state index contributed by atoms with van der Waals surface area (Å²) < 4.78 is 67.5. The second kappa shape index (κ2) is 8.88. The molecule has 6 nitrogen and oxygen atoms in total. The molecule has 0 atom stereocenters. The van der Waals surface area contributed by atoms with Crippen LogP contribution in [-0.4, -0.2) is 29.6 Å². The fourth-order valence-corrected chi connectivity index (χ4v) is 4.80. The third-order valence-electron chi connectivity index (χ3n) is 3.83. The summed E-state index contributed by atoms with van der Waals surface area (Å²) in [5.41, 5.74) is -0.140. The number of ether oxygens (including phenoxy) is 1. The van der Waals surface area contributed by atoms with E-state index >= 15 is 0 Å². The van der Waals surface area contributed by atoms with E-state index in [-0.39, 0.29) is 44.9 Å². The average molecular weight is 492 g/mol. The van der Waals surface area contributed by atoms with Gasteiger partial charge in [-0.05, 0) is 30.2 Å². The molecule has 0 N–H and O–H groups in total. The Labute approximate surface area is 178 Å². The van der Waals surface area contributed by atoms with Crippen molar-refractivity contribution in [2.75, 3.05) is 13.2 Å². The summed E-state index contributed by atoms with van der Waals surface area (Å²) in [6.45, 7) is -2.73. The topological polar surface area (TPSA) is 62.6 Å². The Balaban J connectivity index is 2.05. The van der Waals surface area contributed by atoms with Crippen molar-refractivity contribution in [2.45, 2.75) is 13.0 Å². The van der Waals surface area contributed by atoms with E-state index in [1.807, 2.05) is 0 Å². The minimum Gasteiger partial charge on any atom is -0.416 e. The zero-order valence-corrected chi connectivity index (χ0v) is 17.8. The first kappa shape index (κ1) is 22.5. The summed E-state index contributed by atoms with van der Waals surface area (Å²) in [5, 5.41) is 3.56. The van der Waals surface area contributed by atoms with Gasteiger partial charge in [0.15, 0.2) is 0 Å². The molecule has 0 aliphatic carbocycles. The van der Waals surface area contributed by atoms with E-state index in [4.69, 9.17) is 43.9 Å². The average Bonchev–Trinajstić information content (AvgIpc) is 2.92. The fraction of sp³-hybridized carbons (Fsp3) is 0.312. The van der Waals surface area contributed by atoms with Crippen molar-refractivity contribution in [1.29, 1.82) is 0 Å². The van der Waals surface area contributed by atoms with Gasteiger partial charge in [-0.25, -0.2) is 9.07 Å². The number of aryl methyl sites for hydroxylation is 1. The van der Waals surface area contributed by atoms with Crippen LogP contribution in [0.25, 0.3) is 17.3 Å². The lowest BCUT2D eigenvalue weighted by Gasteiger charge is -2.22. The molecule has 2 heterocycles. The second-order valence-corrected chi connectivity index (χ2v) is 9.26. The molecule has 0 bridgehead atoms. The summed E-state index contributed by atoms with van der Waals surface area (Å²) in [6.07, 6.45) is 1.78. The lowest BCUT2D eigenvalue weighted by atomic mass is 10.1. The van der Waals surface area contributed by atoms with Gasteiger partial charge in [0, 0.05) is 12.6 Å². The van der Waals surface area contributed by atoms with E-state index in [9.17, 15) is 17.7 Å². The van der Waals surface area contributed by atoms with Crippen molar-refractivity contribution in [3.8, 4) is 17.1 Å². The van der Waals surface area contributed by atoms with E-state index in [0.717, 1.165) is 10.7 Å². The molecule has 13 heteroatoms. The molecule has 158 valence electrons. The largest absolute Gasteiger partial charge is 0.416 e. The summed E-state index contributed by atoms with van der Waals surface area (Å²) in [7, 11) is -2.39. The molecule has 3 rings (SSSR count). The highest BCUT2D eigenvalue weighted by Crippen LogP contribution is 2.60. The Hall–Kier alpha value is -1.22. The third kappa shape index (κ3) is 4.76. The molecule has 0 saturated carbocycles. The van der Waals surface area contributed by atoms with Gasteiger partial charge >= 0.3 is 14.2 Å². The molecule has 1 aromatic heterocycles. The minimum atomic E-state index is -3.69. The van der Waals surface area contributed by atoms with Gasteiger partial charge in [0.05, 0.1) is 18.2 Å². The Kier molecular flexibility index (Phi) is 6.88. The van der Waals surface area contributed by atoms with Crippen molar-refractivity contribution in [3.05, 3.63) is 38.3 Å². The van der Waals surface area contributed by atoms with Gasteiger partial charge in [-0.1, -0.05) is 34.8 Å². The summed E-state index contributed by atoms with van der Waals surface area (Å²) in [5.74, 6) is -1.25. The van der Waals surface area contributed by atoms with Crippen LogP contribution in [0, 0.1) is 5.82 Å². The number of benzene rings is 1. The van der Waals surface area contributed by atoms with E-state index in [1.165, 1.54) is 19.2 Å². The number of halogens is 6. The van der Waals surface area contributed by atoms with Crippen molar-refractivity contribution in [1.82, 2.24) is 9.78 Å². The molecule has 1 saturated heterocycles. The lowest BCUT2D eigenvalue weighted by molar-refractivity contribution is -0.0552. The zero-order chi connectivity index (χ0) is 21.3. The van der Waals surface area contributed by atoms with Crippen LogP contribution < -0.4 is 4.74 Å². The number of rotatable bonds is 5. The number of nitrogens with zero attached hydrogens (tertiary/aromatic N) is 2. The predicted octanol–water partition coefficient (Wildman–Crippen LogP) is 6.30. The van der Waals surface area contributed by atoms with Crippen LogP contribution in [0.4, 0.5) is 13.2 Å². The molecule has 1 aromatic carbocycles. The van der Waals surface area contributed by atoms with E-state index in [1.54, 1.807) is 0 Å². The molecule has 1 aliphatic heterocycles. The van der Waals surface area contributed by atoms with Crippen molar-refractivity contribution in [2.24, 2.45) is 7.05 Å². The van der Waals surface area contributed by atoms with Gasteiger partial charge < -0.3 is 13.8 Å². The first-order valence-electron chi connectivity index (χ1n) is 8.06. The summed E-state index contributed by atoms with van der Waals surface area (Å²) >= 11 is 18.2. The molecular weight excluding hydrogens is 479 g/mol. The van der Waals surface area contributed by atoms with Gasteiger partial charge in [-0.2, -0.15) is 13.9 Å². The number of aromatic nitrogens is 2. The van der Waals surface area contributed by atoms with Crippen LogP contribution in [0.1, 0.15) is 12.0 Å². The number of hydrogen-bond acceptors (Lipinski definition) is 5. The van der Waals surface area contributed by atoms with Crippen molar-refractivity contribution in [3.63, 3.8) is 0 Å². The molecule has 1 aliphatic rings. The molecule has 0 radical (unpaired) electrons. The van der Waals surface area contributed by atoms with Crippen LogP contribution in [-0.2, 0) is 20.7 Å². The maximum atomic E-state index is 14.5. The highest BCUT2D eigenvalue weighted by Gasteiger charge is 2.32. The molecule has 1 fully saturated rings. The van der Waals surface area contributed by atoms with Gasteiger partial charge in [-0.3, -0.25) is 4.57 Å². The zero-order valence-electron chi connectivity index (χ0n) is 14.7. The van der Waals surface area contributed by atoms with Crippen molar-refractivity contribution >= 4 is 48.5 Å². The normalized spacial score (nSPS) is 17.0. The van der Waals surface area contributed by atoms with E-state index < -0.39 is 25.9 Å². The van der Waals surface area contributed by atoms with Crippen LogP contribution in [0.3, 0.4) is 0 Å². The molecule has 0 amide bonds. The lowest BCUT2D eigenvalue weighted by Crippen LogP contribution is -2.08. The first-order valence-corrected chi connectivity index (χ1v) is 10.7. The molecular formula is C16H13Cl3F3N2O4P. The fourth-order valence-electron chi connectivity index (χ4n) is 2.52. The quantitative estimate of drug-likeness (QED) is 0.459.